The third kappa shape index (κ3) is 4.65. The first-order valence-electron chi connectivity index (χ1n) is 9.89. The van der Waals surface area contributed by atoms with E-state index >= 15 is 0 Å². The second-order valence-corrected chi connectivity index (χ2v) is 9.87. The molecule has 0 radical (unpaired) electrons. The van der Waals surface area contributed by atoms with Gasteiger partial charge in [-0.3, -0.25) is 4.79 Å². The van der Waals surface area contributed by atoms with Gasteiger partial charge in [-0.15, -0.1) is 0 Å². The minimum atomic E-state index is -3.76. The lowest BCUT2D eigenvalue weighted by molar-refractivity contribution is -0.125. The number of rotatable bonds is 6. The van der Waals surface area contributed by atoms with E-state index < -0.39 is 16.1 Å². The van der Waals surface area contributed by atoms with Gasteiger partial charge in [0.2, 0.25) is 15.9 Å². The number of hydrogen-bond donors (Lipinski definition) is 1. The molecule has 156 valence electrons. The molecule has 2 atom stereocenters. The van der Waals surface area contributed by atoms with Crippen LogP contribution in [0.4, 0.5) is 0 Å². The third-order valence-electron chi connectivity index (χ3n) is 5.58. The lowest BCUT2D eigenvalue weighted by Gasteiger charge is -2.26. The summed E-state index contributed by atoms with van der Waals surface area (Å²) in [6.45, 7) is 6.45. The molecule has 0 spiro atoms. The minimum absolute atomic E-state index is 0.150. The molecule has 5 nitrogen and oxygen atoms in total. The smallest absolute Gasteiger partial charge is 0.243 e. The number of benzene rings is 2. The fraction of sp³-hybridized carbons (Fsp3) is 0.409. The Morgan fingerprint density at radius 2 is 1.86 bits per heavy atom. The Balaban J connectivity index is 1.80. The zero-order chi connectivity index (χ0) is 21.2. The molecule has 2 aromatic carbocycles. The molecule has 7 heteroatoms. The van der Waals surface area contributed by atoms with Crippen molar-refractivity contribution in [2.75, 3.05) is 6.54 Å². The van der Waals surface area contributed by atoms with Crippen LogP contribution in [-0.2, 0) is 14.8 Å². The van der Waals surface area contributed by atoms with Gasteiger partial charge in [-0.1, -0.05) is 36.7 Å². The Morgan fingerprint density at radius 1 is 1.17 bits per heavy atom. The van der Waals surface area contributed by atoms with Gasteiger partial charge in [-0.25, -0.2) is 8.42 Å². The van der Waals surface area contributed by atoms with Gasteiger partial charge in [0.25, 0.3) is 0 Å². The summed E-state index contributed by atoms with van der Waals surface area (Å²) in [4.78, 5) is 13.2. The summed E-state index contributed by atoms with van der Waals surface area (Å²) in [6.07, 6.45) is 1.90. The monoisotopic (exact) mass is 434 g/mol. The minimum Gasteiger partial charge on any atom is -0.348 e. The fourth-order valence-electron chi connectivity index (χ4n) is 3.70. The molecular weight excluding hydrogens is 408 g/mol. The van der Waals surface area contributed by atoms with Crippen LogP contribution in [0.5, 0.6) is 0 Å². The first kappa shape index (κ1) is 21.8. The van der Waals surface area contributed by atoms with E-state index in [1.807, 2.05) is 26.0 Å². The predicted molar refractivity (Wildman–Crippen MR) is 115 cm³/mol. The van der Waals surface area contributed by atoms with E-state index in [1.165, 1.54) is 27.6 Å². The van der Waals surface area contributed by atoms with Crippen LogP contribution in [-0.4, -0.2) is 31.2 Å². The van der Waals surface area contributed by atoms with Gasteiger partial charge in [-0.2, -0.15) is 4.31 Å². The van der Waals surface area contributed by atoms with Crippen molar-refractivity contribution in [3.05, 3.63) is 64.2 Å². The molecule has 1 aliphatic rings. The standard InChI is InChI=1S/C22H27ClN2O3S/c1-4-20(17-8-7-15(2)16(3)14-17)24-22(26)21-6-5-13-25(21)29(27,28)19-11-9-18(23)10-12-19/h7-12,14,20-21H,4-6,13H2,1-3H3,(H,24,26)/t20-,21-/m0/s1. The molecule has 1 N–H and O–H groups in total. The SMILES string of the molecule is CC[C@H](NC(=O)[C@@H]1CCCN1S(=O)(=O)c1ccc(Cl)cc1)c1ccc(C)c(C)c1. The largest absolute Gasteiger partial charge is 0.348 e. The highest BCUT2D eigenvalue weighted by Gasteiger charge is 2.39. The van der Waals surface area contributed by atoms with Gasteiger partial charge in [0.15, 0.2) is 0 Å². The third-order valence-corrected chi connectivity index (χ3v) is 7.76. The van der Waals surface area contributed by atoms with Crippen molar-refractivity contribution < 1.29 is 13.2 Å². The summed E-state index contributed by atoms with van der Waals surface area (Å²) in [6, 6.07) is 11.4. The van der Waals surface area contributed by atoms with E-state index in [9.17, 15) is 13.2 Å². The predicted octanol–water partition coefficient (Wildman–Crippen LogP) is 4.38. The van der Waals surface area contributed by atoms with Crippen LogP contribution in [0, 0.1) is 13.8 Å². The van der Waals surface area contributed by atoms with Crippen LogP contribution < -0.4 is 5.32 Å². The van der Waals surface area contributed by atoms with Crippen LogP contribution in [0.25, 0.3) is 0 Å². The summed E-state index contributed by atoms with van der Waals surface area (Å²) < 4.78 is 27.5. The van der Waals surface area contributed by atoms with E-state index in [0.717, 1.165) is 12.0 Å². The van der Waals surface area contributed by atoms with Gasteiger partial charge < -0.3 is 5.32 Å². The quantitative estimate of drug-likeness (QED) is 0.733. The number of carbonyl (C=O) groups excluding carboxylic acids is 1. The van der Waals surface area contributed by atoms with Crippen LogP contribution in [0.15, 0.2) is 47.4 Å². The molecule has 29 heavy (non-hydrogen) atoms. The van der Waals surface area contributed by atoms with Crippen molar-refractivity contribution in [2.24, 2.45) is 0 Å². The molecule has 1 saturated heterocycles. The average Bonchev–Trinajstić information content (AvgIpc) is 3.19. The number of halogens is 1. The van der Waals surface area contributed by atoms with Crippen molar-refractivity contribution in [1.82, 2.24) is 9.62 Å². The van der Waals surface area contributed by atoms with Crippen LogP contribution in [0.1, 0.15) is 48.9 Å². The summed E-state index contributed by atoms with van der Waals surface area (Å²) in [7, 11) is -3.76. The number of hydrogen-bond acceptors (Lipinski definition) is 3. The Morgan fingerprint density at radius 3 is 2.48 bits per heavy atom. The molecular formula is C22H27ClN2O3S. The van der Waals surface area contributed by atoms with Gasteiger partial charge in [0.1, 0.15) is 6.04 Å². The van der Waals surface area contributed by atoms with E-state index in [-0.39, 0.29) is 16.8 Å². The molecule has 0 aliphatic carbocycles. The zero-order valence-corrected chi connectivity index (χ0v) is 18.6. The van der Waals surface area contributed by atoms with Crippen molar-refractivity contribution >= 4 is 27.5 Å². The van der Waals surface area contributed by atoms with E-state index in [4.69, 9.17) is 11.6 Å². The van der Waals surface area contributed by atoms with E-state index in [1.54, 1.807) is 12.1 Å². The van der Waals surface area contributed by atoms with E-state index in [0.29, 0.717) is 24.4 Å². The van der Waals surface area contributed by atoms with Crippen molar-refractivity contribution in [3.8, 4) is 0 Å². The summed E-state index contributed by atoms with van der Waals surface area (Å²) >= 11 is 5.88. The molecule has 1 heterocycles. The molecule has 1 amide bonds. The van der Waals surface area contributed by atoms with Gasteiger partial charge in [0, 0.05) is 11.6 Å². The number of sulfonamides is 1. The normalized spacial score (nSPS) is 18.6. The van der Waals surface area contributed by atoms with Crippen molar-refractivity contribution in [1.29, 1.82) is 0 Å². The number of amides is 1. The summed E-state index contributed by atoms with van der Waals surface area (Å²) in [5, 5.41) is 3.54. The summed E-state index contributed by atoms with van der Waals surface area (Å²) in [5.41, 5.74) is 3.41. The molecule has 2 aromatic rings. The highest BCUT2D eigenvalue weighted by molar-refractivity contribution is 7.89. The Hall–Kier alpha value is -1.89. The molecule has 1 fully saturated rings. The summed E-state index contributed by atoms with van der Waals surface area (Å²) in [5.74, 6) is -0.245. The lowest BCUT2D eigenvalue weighted by atomic mass is 9.99. The Bertz CT molecular complexity index is 990. The molecule has 0 aromatic heterocycles. The van der Waals surface area contributed by atoms with Crippen molar-refractivity contribution in [3.63, 3.8) is 0 Å². The van der Waals surface area contributed by atoms with Crippen LogP contribution >= 0.6 is 11.6 Å². The molecule has 3 rings (SSSR count). The molecule has 0 bridgehead atoms. The fourth-order valence-corrected chi connectivity index (χ4v) is 5.48. The van der Waals surface area contributed by atoms with E-state index in [2.05, 4.69) is 18.3 Å². The average molecular weight is 435 g/mol. The molecule has 0 saturated carbocycles. The second kappa shape index (κ2) is 8.86. The highest BCUT2D eigenvalue weighted by Crippen LogP contribution is 2.28. The number of aryl methyl sites for hydroxylation is 2. The number of nitrogens with one attached hydrogen (secondary N) is 1. The molecule has 0 unspecified atom stereocenters. The molecule has 1 aliphatic heterocycles. The Kier molecular flexibility index (Phi) is 6.66. The first-order chi connectivity index (χ1) is 13.7. The van der Waals surface area contributed by atoms with Crippen LogP contribution in [0.3, 0.4) is 0 Å². The van der Waals surface area contributed by atoms with Gasteiger partial charge in [-0.05, 0) is 74.1 Å². The number of carbonyl (C=O) groups is 1. The lowest BCUT2D eigenvalue weighted by Crippen LogP contribution is -2.46. The van der Waals surface area contributed by atoms with Gasteiger partial charge in [0.05, 0.1) is 10.9 Å². The zero-order valence-electron chi connectivity index (χ0n) is 17.0. The number of nitrogens with zero attached hydrogens (tertiary/aromatic N) is 1. The Labute approximate surface area is 178 Å². The maximum atomic E-state index is 13.1. The maximum Gasteiger partial charge on any atom is 0.243 e. The second-order valence-electron chi connectivity index (χ2n) is 7.54. The van der Waals surface area contributed by atoms with Crippen LogP contribution in [0.2, 0.25) is 5.02 Å². The van der Waals surface area contributed by atoms with Gasteiger partial charge >= 0.3 is 0 Å². The highest BCUT2D eigenvalue weighted by atomic mass is 35.5. The first-order valence-corrected chi connectivity index (χ1v) is 11.7. The van der Waals surface area contributed by atoms with Crippen molar-refractivity contribution in [2.45, 2.75) is 57.0 Å². The topological polar surface area (TPSA) is 66.5 Å². The maximum absolute atomic E-state index is 13.1.